The van der Waals surface area contributed by atoms with Crippen LogP contribution >= 0.6 is 0 Å². The summed E-state index contributed by atoms with van der Waals surface area (Å²) < 4.78 is 0. The topological polar surface area (TPSA) is 25.8 Å². The molecule has 0 saturated carbocycles. The van der Waals surface area contributed by atoms with Gasteiger partial charge in [-0.25, -0.2) is 9.97 Å². The summed E-state index contributed by atoms with van der Waals surface area (Å²) in [5.74, 6) is 0.702. The van der Waals surface area contributed by atoms with Gasteiger partial charge in [0, 0.05) is 22.1 Å². The molecule has 1 aliphatic rings. The van der Waals surface area contributed by atoms with E-state index in [1.807, 2.05) is 18.2 Å². The number of nitrogens with zero attached hydrogens (tertiary/aromatic N) is 2. The first-order valence-electron chi connectivity index (χ1n) is 22.7. The van der Waals surface area contributed by atoms with E-state index < -0.39 is 0 Å². The molecule has 12 rings (SSSR count). The summed E-state index contributed by atoms with van der Waals surface area (Å²) in [5.41, 5.74) is 20.7. The van der Waals surface area contributed by atoms with Crippen LogP contribution in [0.1, 0.15) is 23.6 Å². The molecular weight excluding hydrogens is 797 g/mol. The molecule has 310 valence electrons. The first kappa shape index (κ1) is 39.2. The number of hydrogen-bond acceptors (Lipinski definition) is 2. The maximum Gasteiger partial charge on any atom is 0.160 e. The van der Waals surface area contributed by atoms with Gasteiger partial charge in [0.05, 0.1) is 11.4 Å². The Hall–Kier alpha value is -8.46. The summed E-state index contributed by atoms with van der Waals surface area (Å²) in [6.07, 6.45) is 0. The van der Waals surface area contributed by atoms with Gasteiger partial charge in [0.25, 0.3) is 0 Å². The van der Waals surface area contributed by atoms with E-state index in [-0.39, 0.29) is 5.41 Å². The van der Waals surface area contributed by atoms with Crippen LogP contribution in [0.25, 0.3) is 100 Å². The van der Waals surface area contributed by atoms with E-state index >= 15 is 0 Å². The quantitative estimate of drug-likeness (QED) is 0.152. The molecule has 66 heavy (non-hydrogen) atoms. The molecule has 1 aliphatic carbocycles. The molecule has 0 fully saturated rings. The summed E-state index contributed by atoms with van der Waals surface area (Å²) in [7, 11) is 0. The van der Waals surface area contributed by atoms with Gasteiger partial charge >= 0.3 is 0 Å². The summed E-state index contributed by atoms with van der Waals surface area (Å²) in [5, 5.41) is 2.33. The van der Waals surface area contributed by atoms with E-state index in [1.54, 1.807) is 0 Å². The molecule has 0 amide bonds. The summed E-state index contributed by atoms with van der Waals surface area (Å²) in [6.45, 7) is 2.40. The molecule has 11 aromatic rings. The average Bonchev–Trinajstić information content (AvgIpc) is 3.66. The predicted octanol–water partition coefficient (Wildman–Crippen LogP) is 16.6. The Morgan fingerprint density at radius 1 is 0.273 bits per heavy atom. The van der Waals surface area contributed by atoms with Gasteiger partial charge in [-0.2, -0.15) is 0 Å². The number of aromatic nitrogens is 2. The minimum atomic E-state index is -0.314. The smallest absolute Gasteiger partial charge is 0.160 e. The molecule has 1 aromatic heterocycles. The monoisotopic (exact) mass is 840 g/mol. The van der Waals surface area contributed by atoms with Crippen LogP contribution in [0.5, 0.6) is 0 Å². The maximum absolute atomic E-state index is 5.25. The van der Waals surface area contributed by atoms with E-state index in [0.717, 1.165) is 39.0 Å². The number of benzene rings is 10. The zero-order chi connectivity index (χ0) is 44.0. The van der Waals surface area contributed by atoms with Gasteiger partial charge < -0.3 is 0 Å². The lowest BCUT2D eigenvalue weighted by atomic mass is 9.73. The third-order valence-electron chi connectivity index (χ3n) is 13.6. The van der Waals surface area contributed by atoms with Crippen molar-refractivity contribution in [2.45, 2.75) is 12.3 Å². The van der Waals surface area contributed by atoms with Gasteiger partial charge in [-0.15, -0.1) is 0 Å². The summed E-state index contributed by atoms with van der Waals surface area (Å²) in [4.78, 5) is 10.4. The SMILES string of the molecule is CC1(c2ccccc2)c2cc(-c3ccccc3)ccc2-c2ccc(-c3ccc(-c4ccc(-c5cc(-c6cccc(-c7ccccc7)c6)nc(-c6ccccc6)n5)c5ccccc45)cc3)cc21. The van der Waals surface area contributed by atoms with Crippen LogP contribution < -0.4 is 0 Å². The van der Waals surface area contributed by atoms with Gasteiger partial charge in [0.1, 0.15) is 0 Å². The Bertz CT molecular complexity index is 3560. The zero-order valence-electron chi connectivity index (χ0n) is 36.6. The highest BCUT2D eigenvalue weighted by Gasteiger charge is 2.41. The third-order valence-corrected chi connectivity index (χ3v) is 13.6. The molecule has 0 radical (unpaired) electrons. The minimum absolute atomic E-state index is 0.314. The molecule has 0 bridgehead atoms. The van der Waals surface area contributed by atoms with Crippen molar-refractivity contribution >= 4 is 10.8 Å². The van der Waals surface area contributed by atoms with Crippen molar-refractivity contribution < 1.29 is 0 Å². The third kappa shape index (κ3) is 6.83. The Kier molecular flexibility index (Phi) is 9.65. The van der Waals surface area contributed by atoms with Crippen molar-refractivity contribution in [3.8, 4) is 89.5 Å². The number of hydrogen-bond donors (Lipinski definition) is 0. The number of rotatable bonds is 8. The molecule has 1 heterocycles. The minimum Gasteiger partial charge on any atom is -0.228 e. The molecule has 2 heteroatoms. The van der Waals surface area contributed by atoms with Crippen molar-refractivity contribution in [3.05, 3.63) is 265 Å². The van der Waals surface area contributed by atoms with E-state index in [4.69, 9.17) is 9.97 Å². The first-order valence-corrected chi connectivity index (χ1v) is 22.7. The van der Waals surface area contributed by atoms with Crippen LogP contribution in [0.15, 0.2) is 249 Å². The predicted molar refractivity (Wildman–Crippen MR) is 275 cm³/mol. The first-order chi connectivity index (χ1) is 32.6. The summed E-state index contributed by atoms with van der Waals surface area (Å²) in [6, 6.07) is 89.7. The van der Waals surface area contributed by atoms with Gasteiger partial charge in [0.2, 0.25) is 0 Å². The second kappa shape index (κ2) is 16.3. The van der Waals surface area contributed by atoms with Gasteiger partial charge in [0.15, 0.2) is 5.82 Å². The maximum atomic E-state index is 5.25. The standard InChI is InChI=1S/C64H44N2/c1-64(52-25-12-5-13-26-52)59-40-49(44-19-8-3-9-20-44)33-35-56(59)57-36-34-50(41-60(57)64)45-29-31-46(32-30-45)53-37-38-58(55-28-15-14-27-54(53)55)62-42-61(65-63(66-62)47-21-10-4-11-22-47)51-24-16-23-48(39-51)43-17-6-2-7-18-43/h2-42H,1H3. The van der Waals surface area contributed by atoms with Gasteiger partial charge in [-0.3, -0.25) is 0 Å². The van der Waals surface area contributed by atoms with Gasteiger partial charge in [-0.05, 0) is 114 Å². The highest BCUT2D eigenvalue weighted by molar-refractivity contribution is 6.05. The fourth-order valence-corrected chi connectivity index (χ4v) is 10.2. The fourth-order valence-electron chi connectivity index (χ4n) is 10.2. The van der Waals surface area contributed by atoms with Crippen molar-refractivity contribution in [1.82, 2.24) is 9.97 Å². The van der Waals surface area contributed by atoms with E-state index in [1.165, 1.54) is 72.1 Å². The Balaban J connectivity index is 0.917. The second-order valence-electron chi connectivity index (χ2n) is 17.4. The average molecular weight is 841 g/mol. The molecule has 10 aromatic carbocycles. The molecule has 0 saturated heterocycles. The fraction of sp³-hybridized carbons (Fsp3) is 0.0312. The lowest BCUT2D eigenvalue weighted by Gasteiger charge is -2.29. The normalized spacial score (nSPS) is 13.9. The Morgan fingerprint density at radius 3 is 1.29 bits per heavy atom. The van der Waals surface area contributed by atoms with E-state index in [2.05, 4.69) is 237 Å². The Labute approximate surface area is 386 Å². The molecule has 2 nitrogen and oxygen atoms in total. The summed E-state index contributed by atoms with van der Waals surface area (Å²) >= 11 is 0. The number of fused-ring (bicyclic) bond motifs is 4. The zero-order valence-corrected chi connectivity index (χ0v) is 36.6. The van der Waals surface area contributed by atoms with Crippen LogP contribution in [-0.2, 0) is 5.41 Å². The lowest BCUT2D eigenvalue weighted by molar-refractivity contribution is 0.714. The van der Waals surface area contributed by atoms with Crippen LogP contribution in [0, 0.1) is 0 Å². The van der Waals surface area contributed by atoms with E-state index in [0.29, 0.717) is 5.82 Å². The van der Waals surface area contributed by atoms with Crippen LogP contribution in [0.4, 0.5) is 0 Å². The van der Waals surface area contributed by atoms with Gasteiger partial charge in [-0.1, -0.05) is 224 Å². The lowest BCUT2D eigenvalue weighted by Crippen LogP contribution is -2.22. The molecule has 0 N–H and O–H groups in total. The Morgan fingerprint density at radius 2 is 0.682 bits per heavy atom. The van der Waals surface area contributed by atoms with E-state index in [9.17, 15) is 0 Å². The molecule has 0 spiro atoms. The second-order valence-corrected chi connectivity index (χ2v) is 17.4. The van der Waals surface area contributed by atoms with Crippen LogP contribution in [-0.4, -0.2) is 9.97 Å². The van der Waals surface area contributed by atoms with Crippen molar-refractivity contribution in [1.29, 1.82) is 0 Å². The van der Waals surface area contributed by atoms with Crippen molar-refractivity contribution in [2.75, 3.05) is 0 Å². The van der Waals surface area contributed by atoms with Crippen molar-refractivity contribution in [3.63, 3.8) is 0 Å². The highest BCUT2D eigenvalue weighted by atomic mass is 14.9. The van der Waals surface area contributed by atoms with Crippen molar-refractivity contribution in [2.24, 2.45) is 0 Å². The molecular formula is C64H44N2. The molecule has 1 atom stereocenters. The highest BCUT2D eigenvalue weighted by Crippen LogP contribution is 2.54. The molecule has 1 unspecified atom stereocenters. The largest absolute Gasteiger partial charge is 0.228 e. The molecule has 0 aliphatic heterocycles. The van der Waals surface area contributed by atoms with Crippen LogP contribution in [0.3, 0.4) is 0 Å². The van der Waals surface area contributed by atoms with Crippen LogP contribution in [0.2, 0.25) is 0 Å².